The third-order valence-electron chi connectivity index (χ3n) is 2.30. The van der Waals surface area contributed by atoms with E-state index in [1.54, 1.807) is 0 Å². The summed E-state index contributed by atoms with van der Waals surface area (Å²) in [6.07, 6.45) is 2.82. The number of hydrogen-bond donors (Lipinski definition) is 1. The van der Waals surface area contributed by atoms with Crippen molar-refractivity contribution in [3.05, 3.63) is 42.5 Å². The van der Waals surface area contributed by atoms with Gasteiger partial charge in [0.05, 0.1) is 0 Å². The zero-order valence-electron chi connectivity index (χ0n) is 14.2. The molecule has 0 fully saturated rings. The third kappa shape index (κ3) is 18.4. The zero-order chi connectivity index (χ0) is 17.2. The third-order valence-corrected chi connectivity index (χ3v) is 2.30. The molecule has 0 unspecified atom stereocenters. The van der Waals surface area contributed by atoms with Crippen molar-refractivity contribution in [3.8, 4) is 0 Å². The van der Waals surface area contributed by atoms with Crippen molar-refractivity contribution in [3.63, 3.8) is 0 Å². The summed E-state index contributed by atoms with van der Waals surface area (Å²) in [5, 5.41) is 7.91. The van der Waals surface area contributed by atoms with E-state index in [0.717, 1.165) is 19.6 Å². The first-order valence-electron chi connectivity index (χ1n) is 7.64. The van der Waals surface area contributed by atoms with E-state index < -0.39 is 5.97 Å². The molecular weight excluding hydrogens is 280 g/mol. The highest BCUT2D eigenvalue weighted by Gasteiger charge is 1.94. The number of aliphatic carboxylic acids is 1. The van der Waals surface area contributed by atoms with Gasteiger partial charge in [0.15, 0.2) is 6.29 Å². The van der Waals surface area contributed by atoms with Crippen LogP contribution in [-0.4, -0.2) is 30.6 Å². The Labute approximate surface area is 134 Å². The fourth-order valence-corrected chi connectivity index (χ4v) is 1.32. The average molecular weight is 310 g/mol. The van der Waals surface area contributed by atoms with Crippen LogP contribution in [0.1, 0.15) is 46.1 Å². The highest BCUT2D eigenvalue weighted by Crippen LogP contribution is 1.97. The number of carboxylic acids is 1. The van der Waals surface area contributed by atoms with E-state index in [1.807, 2.05) is 64.1 Å². The van der Waals surface area contributed by atoms with Crippen LogP contribution in [0.15, 0.2) is 36.9 Å². The van der Waals surface area contributed by atoms with Gasteiger partial charge in [0.25, 0.3) is 0 Å². The summed E-state index contributed by atoms with van der Waals surface area (Å²) < 4.78 is 10.1. The molecule has 0 atom stereocenters. The molecule has 4 nitrogen and oxygen atoms in total. The monoisotopic (exact) mass is 310 g/mol. The van der Waals surface area contributed by atoms with Gasteiger partial charge in [-0.1, -0.05) is 49.9 Å². The first-order valence-corrected chi connectivity index (χ1v) is 7.64. The molecule has 0 bridgehead atoms. The van der Waals surface area contributed by atoms with Gasteiger partial charge < -0.3 is 14.6 Å². The quantitative estimate of drug-likeness (QED) is 0.747. The number of ether oxygens (including phenoxy) is 2. The number of carboxylic acid groups (broad SMARTS) is 1. The molecular formula is C18H30O4. The van der Waals surface area contributed by atoms with E-state index >= 15 is 0 Å². The van der Waals surface area contributed by atoms with Crippen molar-refractivity contribution in [2.24, 2.45) is 0 Å². The minimum absolute atomic E-state index is 0.0370. The van der Waals surface area contributed by atoms with Gasteiger partial charge in [0, 0.05) is 19.6 Å². The molecule has 0 saturated heterocycles. The molecule has 0 aromatic heterocycles. The fraction of sp³-hybridized carbons (Fsp3) is 0.500. The molecule has 0 spiro atoms. The van der Waals surface area contributed by atoms with Crippen LogP contribution in [0.2, 0.25) is 0 Å². The Morgan fingerprint density at radius 3 is 1.91 bits per heavy atom. The normalized spacial score (nSPS) is 9.14. The molecule has 0 aliphatic rings. The van der Waals surface area contributed by atoms with Gasteiger partial charge in [0.2, 0.25) is 0 Å². The van der Waals surface area contributed by atoms with Crippen LogP contribution in [-0.2, 0) is 14.3 Å². The molecule has 4 heteroatoms. The highest BCUT2D eigenvalue weighted by molar-refractivity contribution is 5.66. The Hall–Kier alpha value is -1.65. The van der Waals surface area contributed by atoms with E-state index in [4.69, 9.17) is 14.6 Å². The van der Waals surface area contributed by atoms with E-state index in [-0.39, 0.29) is 6.29 Å². The van der Waals surface area contributed by atoms with Gasteiger partial charge in [-0.3, -0.25) is 4.79 Å². The molecule has 1 aromatic rings. The highest BCUT2D eigenvalue weighted by atomic mass is 16.7. The first kappa shape index (κ1) is 22.6. The summed E-state index contributed by atoms with van der Waals surface area (Å²) in [6, 6.07) is 10.0. The molecule has 22 heavy (non-hydrogen) atoms. The van der Waals surface area contributed by atoms with Gasteiger partial charge in [-0.05, 0) is 32.8 Å². The summed E-state index contributed by atoms with van der Waals surface area (Å²) in [5.74, 6) is -0.711. The van der Waals surface area contributed by atoms with Crippen LogP contribution in [0.5, 0.6) is 0 Å². The molecule has 1 N–H and O–H groups in total. The largest absolute Gasteiger partial charge is 0.481 e. The van der Waals surface area contributed by atoms with Crippen LogP contribution in [0.4, 0.5) is 0 Å². The second kappa shape index (κ2) is 17.4. The van der Waals surface area contributed by atoms with Gasteiger partial charge in [-0.2, -0.15) is 0 Å². The molecule has 0 heterocycles. The van der Waals surface area contributed by atoms with Crippen LogP contribution < -0.4 is 0 Å². The zero-order valence-corrected chi connectivity index (χ0v) is 14.2. The van der Waals surface area contributed by atoms with Crippen molar-refractivity contribution < 1.29 is 19.4 Å². The van der Waals surface area contributed by atoms with E-state index in [1.165, 1.54) is 5.56 Å². The lowest BCUT2D eigenvalue weighted by molar-refractivity contribution is -0.137. The molecule has 0 amide bonds. The molecule has 0 aliphatic carbocycles. The summed E-state index contributed by atoms with van der Waals surface area (Å²) in [5.41, 5.74) is 1.17. The Morgan fingerprint density at radius 1 is 1.18 bits per heavy atom. The molecule has 0 saturated carbocycles. The SMILES string of the molecule is C=Cc1ccccc1.CCCC(=O)O.CCOC(C)OCC. The van der Waals surface area contributed by atoms with E-state index in [0.29, 0.717) is 6.42 Å². The number of hydrogen-bond acceptors (Lipinski definition) is 3. The van der Waals surface area contributed by atoms with Crippen LogP contribution in [0.3, 0.4) is 0 Å². The predicted octanol–water partition coefficient (Wildman–Crippen LogP) is 4.61. The Morgan fingerprint density at radius 2 is 1.68 bits per heavy atom. The topological polar surface area (TPSA) is 55.8 Å². The standard InChI is InChI=1S/C8H8.C6H14O2.C4H8O2/c1-2-8-6-4-3-5-7-8;1-4-7-6(3)8-5-2;1-2-3-4(5)6/h2-7H,1H2;6H,4-5H2,1-3H3;2-3H2,1H3,(H,5,6). The maximum absolute atomic E-state index is 9.60. The van der Waals surface area contributed by atoms with Crippen molar-refractivity contribution >= 4 is 12.0 Å². The van der Waals surface area contributed by atoms with Gasteiger partial charge >= 0.3 is 5.97 Å². The minimum atomic E-state index is -0.711. The smallest absolute Gasteiger partial charge is 0.303 e. The van der Waals surface area contributed by atoms with Crippen molar-refractivity contribution in [1.82, 2.24) is 0 Å². The summed E-state index contributed by atoms with van der Waals surface area (Å²) >= 11 is 0. The Balaban J connectivity index is 0. The lowest BCUT2D eigenvalue weighted by Gasteiger charge is -2.09. The lowest BCUT2D eigenvalue weighted by Crippen LogP contribution is -2.11. The molecule has 0 aliphatic heterocycles. The fourth-order valence-electron chi connectivity index (χ4n) is 1.32. The second-order valence-corrected chi connectivity index (χ2v) is 4.24. The maximum atomic E-state index is 9.60. The Kier molecular flexibility index (Phi) is 17.9. The number of carbonyl (C=O) groups is 1. The molecule has 1 aromatic carbocycles. The van der Waals surface area contributed by atoms with Crippen LogP contribution in [0, 0.1) is 0 Å². The van der Waals surface area contributed by atoms with Crippen LogP contribution >= 0.6 is 0 Å². The van der Waals surface area contributed by atoms with Gasteiger partial charge in [-0.15, -0.1) is 0 Å². The summed E-state index contributed by atoms with van der Waals surface area (Å²) in [4.78, 5) is 9.60. The van der Waals surface area contributed by atoms with Gasteiger partial charge in [0.1, 0.15) is 0 Å². The van der Waals surface area contributed by atoms with E-state index in [2.05, 4.69) is 6.58 Å². The van der Waals surface area contributed by atoms with Crippen molar-refractivity contribution in [1.29, 1.82) is 0 Å². The van der Waals surface area contributed by atoms with E-state index in [9.17, 15) is 4.79 Å². The number of rotatable bonds is 7. The Bertz CT molecular complexity index is 357. The second-order valence-electron chi connectivity index (χ2n) is 4.24. The predicted molar refractivity (Wildman–Crippen MR) is 91.8 cm³/mol. The summed E-state index contributed by atoms with van der Waals surface area (Å²) in [6.45, 7) is 12.7. The van der Waals surface area contributed by atoms with Crippen molar-refractivity contribution in [2.45, 2.75) is 46.8 Å². The van der Waals surface area contributed by atoms with Crippen molar-refractivity contribution in [2.75, 3.05) is 13.2 Å². The lowest BCUT2D eigenvalue weighted by atomic mass is 10.2. The molecule has 126 valence electrons. The molecule has 0 radical (unpaired) electrons. The first-order chi connectivity index (χ1) is 10.5. The molecule has 1 rings (SSSR count). The maximum Gasteiger partial charge on any atom is 0.303 e. The van der Waals surface area contributed by atoms with Gasteiger partial charge in [-0.25, -0.2) is 0 Å². The number of benzene rings is 1. The average Bonchev–Trinajstić information content (AvgIpc) is 2.50. The summed E-state index contributed by atoms with van der Waals surface area (Å²) in [7, 11) is 0. The van der Waals surface area contributed by atoms with Crippen LogP contribution in [0.25, 0.3) is 6.08 Å². The minimum Gasteiger partial charge on any atom is -0.481 e.